The Kier molecular flexibility index (Phi) is 3.76. The number of hydrazine groups is 1. The summed E-state index contributed by atoms with van der Waals surface area (Å²) in [6, 6.07) is 1.12. The Morgan fingerprint density at radius 3 is 2.79 bits per heavy atom. The lowest BCUT2D eigenvalue weighted by Gasteiger charge is -2.25. The molecule has 1 saturated heterocycles. The van der Waals surface area contributed by atoms with Crippen LogP contribution in [0.3, 0.4) is 0 Å². The van der Waals surface area contributed by atoms with Crippen molar-refractivity contribution in [1.29, 1.82) is 0 Å². The number of nitrogen functional groups attached to an aromatic ring is 1. The molecule has 4 N–H and O–H groups in total. The van der Waals surface area contributed by atoms with Crippen LogP contribution in [0.15, 0.2) is 6.07 Å². The van der Waals surface area contributed by atoms with E-state index in [1.807, 2.05) is 0 Å². The Morgan fingerprint density at radius 2 is 2.21 bits per heavy atom. The highest BCUT2D eigenvalue weighted by Gasteiger charge is 2.36. The standard InChI is InChI=1S/C10H14F3N5O/c11-10(12,13)9-15-7(17-14)4-8(16-9)18-3-1-2-6(18)5-19/h4,6,19H,1-3,5,14H2,(H,15,16,17). The quantitative estimate of drug-likeness (QED) is 0.558. The average molecular weight is 277 g/mol. The number of halogens is 3. The molecule has 106 valence electrons. The van der Waals surface area contributed by atoms with Crippen LogP contribution >= 0.6 is 0 Å². The first kappa shape index (κ1) is 13.8. The number of nitrogens with zero attached hydrogens (tertiary/aromatic N) is 3. The minimum atomic E-state index is -4.64. The lowest BCUT2D eigenvalue weighted by molar-refractivity contribution is -0.144. The highest BCUT2D eigenvalue weighted by atomic mass is 19.4. The summed E-state index contributed by atoms with van der Waals surface area (Å²) in [5.41, 5.74) is 2.10. The predicted octanol–water partition coefficient (Wildman–Crippen LogP) is 0.742. The van der Waals surface area contributed by atoms with Crippen molar-refractivity contribution < 1.29 is 18.3 Å². The summed E-state index contributed by atoms with van der Waals surface area (Å²) >= 11 is 0. The van der Waals surface area contributed by atoms with Gasteiger partial charge in [-0.1, -0.05) is 0 Å². The molecule has 1 aliphatic heterocycles. The average Bonchev–Trinajstić information content (AvgIpc) is 2.85. The van der Waals surface area contributed by atoms with E-state index >= 15 is 0 Å². The van der Waals surface area contributed by atoms with Crippen molar-refractivity contribution in [1.82, 2.24) is 9.97 Å². The number of nitrogens with two attached hydrogens (primary N) is 1. The highest BCUT2D eigenvalue weighted by molar-refractivity contribution is 5.50. The number of aromatic nitrogens is 2. The maximum absolute atomic E-state index is 12.7. The fourth-order valence-corrected chi connectivity index (χ4v) is 2.11. The first-order chi connectivity index (χ1) is 8.95. The van der Waals surface area contributed by atoms with E-state index in [0.717, 1.165) is 6.42 Å². The zero-order valence-electron chi connectivity index (χ0n) is 9.98. The van der Waals surface area contributed by atoms with Crippen LogP contribution in [0.2, 0.25) is 0 Å². The van der Waals surface area contributed by atoms with E-state index in [9.17, 15) is 18.3 Å². The van der Waals surface area contributed by atoms with Gasteiger partial charge in [0.05, 0.1) is 12.6 Å². The van der Waals surface area contributed by atoms with Gasteiger partial charge in [0.25, 0.3) is 0 Å². The van der Waals surface area contributed by atoms with Gasteiger partial charge in [-0.3, -0.25) is 0 Å². The largest absolute Gasteiger partial charge is 0.451 e. The monoisotopic (exact) mass is 277 g/mol. The van der Waals surface area contributed by atoms with Crippen molar-refractivity contribution in [2.24, 2.45) is 5.84 Å². The zero-order chi connectivity index (χ0) is 14.0. The molecular formula is C10H14F3N5O. The van der Waals surface area contributed by atoms with E-state index in [4.69, 9.17) is 5.84 Å². The summed E-state index contributed by atoms with van der Waals surface area (Å²) in [5, 5.41) is 9.21. The summed E-state index contributed by atoms with van der Waals surface area (Å²) < 4.78 is 38.1. The molecule has 0 aromatic carbocycles. The fourth-order valence-electron chi connectivity index (χ4n) is 2.11. The second kappa shape index (κ2) is 5.17. The summed E-state index contributed by atoms with van der Waals surface area (Å²) in [6.07, 6.45) is -3.13. The summed E-state index contributed by atoms with van der Waals surface area (Å²) in [4.78, 5) is 8.44. The van der Waals surface area contributed by atoms with Crippen LogP contribution in [0.4, 0.5) is 24.8 Å². The summed E-state index contributed by atoms with van der Waals surface area (Å²) in [7, 11) is 0. The lowest BCUT2D eigenvalue weighted by atomic mass is 10.2. The van der Waals surface area contributed by atoms with Gasteiger partial charge in [0, 0.05) is 12.6 Å². The molecule has 9 heteroatoms. The van der Waals surface area contributed by atoms with Crippen LogP contribution < -0.4 is 16.2 Å². The number of alkyl halides is 3. The third-order valence-electron chi connectivity index (χ3n) is 3.00. The molecule has 1 fully saturated rings. The minimum Gasteiger partial charge on any atom is -0.394 e. The molecule has 1 aromatic heterocycles. The van der Waals surface area contributed by atoms with E-state index in [2.05, 4.69) is 15.4 Å². The molecule has 0 bridgehead atoms. The molecule has 2 heterocycles. The molecule has 1 aliphatic rings. The molecule has 6 nitrogen and oxygen atoms in total. The number of anilines is 2. The van der Waals surface area contributed by atoms with Crippen LogP contribution in [-0.2, 0) is 6.18 Å². The number of hydrogen-bond donors (Lipinski definition) is 3. The molecule has 1 atom stereocenters. The molecule has 1 unspecified atom stereocenters. The number of nitrogens with one attached hydrogen (secondary N) is 1. The molecule has 0 saturated carbocycles. The molecule has 1 aromatic rings. The predicted molar refractivity (Wildman–Crippen MR) is 62.3 cm³/mol. The van der Waals surface area contributed by atoms with Crippen LogP contribution in [0.5, 0.6) is 0 Å². The van der Waals surface area contributed by atoms with Gasteiger partial charge in [-0.25, -0.2) is 15.8 Å². The smallest absolute Gasteiger partial charge is 0.394 e. The minimum absolute atomic E-state index is 0.110. The molecule has 0 spiro atoms. The van der Waals surface area contributed by atoms with Crippen molar-refractivity contribution in [3.8, 4) is 0 Å². The molecule has 0 radical (unpaired) electrons. The van der Waals surface area contributed by atoms with Gasteiger partial charge < -0.3 is 15.4 Å². The summed E-state index contributed by atoms with van der Waals surface area (Å²) in [6.45, 7) is 0.417. The van der Waals surface area contributed by atoms with Gasteiger partial charge in [-0.05, 0) is 12.8 Å². The van der Waals surface area contributed by atoms with Crippen molar-refractivity contribution in [3.63, 3.8) is 0 Å². The van der Waals surface area contributed by atoms with Crippen molar-refractivity contribution >= 4 is 11.6 Å². The van der Waals surface area contributed by atoms with E-state index in [0.29, 0.717) is 13.0 Å². The van der Waals surface area contributed by atoms with Crippen molar-refractivity contribution in [2.75, 3.05) is 23.5 Å². The number of hydrogen-bond acceptors (Lipinski definition) is 6. The van der Waals surface area contributed by atoms with Gasteiger partial charge in [0.2, 0.25) is 5.82 Å². The molecule has 19 heavy (non-hydrogen) atoms. The van der Waals surface area contributed by atoms with E-state index in [-0.39, 0.29) is 24.3 Å². The van der Waals surface area contributed by atoms with Gasteiger partial charge in [-0.2, -0.15) is 13.2 Å². The molecule has 0 aliphatic carbocycles. The van der Waals surface area contributed by atoms with Crippen molar-refractivity contribution in [2.45, 2.75) is 25.1 Å². The maximum atomic E-state index is 12.7. The van der Waals surface area contributed by atoms with Crippen molar-refractivity contribution in [3.05, 3.63) is 11.9 Å². The lowest BCUT2D eigenvalue weighted by Crippen LogP contribution is -2.33. The Bertz CT molecular complexity index is 453. The van der Waals surface area contributed by atoms with Gasteiger partial charge in [-0.15, -0.1) is 0 Å². The third-order valence-corrected chi connectivity index (χ3v) is 3.00. The van der Waals surface area contributed by atoms with E-state index in [1.54, 1.807) is 4.90 Å². The Balaban J connectivity index is 2.39. The van der Waals surface area contributed by atoms with Gasteiger partial charge >= 0.3 is 6.18 Å². The Labute approximate surface area is 107 Å². The van der Waals surface area contributed by atoms with Gasteiger partial charge in [0.15, 0.2) is 0 Å². The SMILES string of the molecule is NNc1cc(N2CCCC2CO)nc(C(F)(F)F)n1. The van der Waals surface area contributed by atoms with Crippen LogP contribution in [0, 0.1) is 0 Å². The maximum Gasteiger partial charge on any atom is 0.451 e. The van der Waals surface area contributed by atoms with Gasteiger partial charge in [0.1, 0.15) is 11.6 Å². The zero-order valence-corrected chi connectivity index (χ0v) is 9.98. The molecular weight excluding hydrogens is 263 g/mol. The molecule has 0 amide bonds. The van der Waals surface area contributed by atoms with E-state index in [1.165, 1.54) is 6.07 Å². The Morgan fingerprint density at radius 1 is 1.47 bits per heavy atom. The fraction of sp³-hybridized carbons (Fsp3) is 0.600. The first-order valence-electron chi connectivity index (χ1n) is 5.76. The third kappa shape index (κ3) is 2.87. The Hall–Kier alpha value is -1.61. The molecule has 2 rings (SSSR count). The first-order valence-corrected chi connectivity index (χ1v) is 5.76. The topological polar surface area (TPSA) is 87.3 Å². The van der Waals surface area contributed by atoms with E-state index < -0.39 is 12.0 Å². The second-order valence-electron chi connectivity index (χ2n) is 4.25. The highest BCUT2D eigenvalue weighted by Crippen LogP contribution is 2.31. The number of aliphatic hydroxyl groups excluding tert-OH is 1. The van der Waals surface area contributed by atoms with Crippen LogP contribution in [0.25, 0.3) is 0 Å². The normalized spacial score (nSPS) is 19.8. The van der Waals surface area contributed by atoms with Crippen LogP contribution in [-0.4, -0.2) is 34.3 Å². The second-order valence-corrected chi connectivity index (χ2v) is 4.25. The number of aliphatic hydroxyl groups is 1. The number of rotatable bonds is 3. The summed E-state index contributed by atoms with van der Waals surface area (Å²) in [5.74, 6) is 3.88. The van der Waals surface area contributed by atoms with Crippen LogP contribution in [0.1, 0.15) is 18.7 Å².